The monoisotopic (exact) mass is 707 g/mol. The topological polar surface area (TPSA) is 46.2 Å². The largest absolute Gasteiger partial charge is 0.417 e. The van der Waals surface area contributed by atoms with Gasteiger partial charge >= 0.3 is 18.5 Å². The average molecular weight is 709 g/mol. The van der Waals surface area contributed by atoms with Crippen molar-refractivity contribution in [3.8, 4) is 0 Å². The third-order valence-corrected chi connectivity index (χ3v) is 7.26. The van der Waals surface area contributed by atoms with Crippen LogP contribution in [0.15, 0.2) is 51.4 Å². The molecule has 2 aromatic rings. The van der Waals surface area contributed by atoms with Gasteiger partial charge in [-0.25, -0.2) is 0 Å². The van der Waals surface area contributed by atoms with Gasteiger partial charge in [0.2, 0.25) is 5.91 Å². The van der Waals surface area contributed by atoms with Crippen LogP contribution < -0.4 is 5.32 Å². The van der Waals surface area contributed by atoms with Gasteiger partial charge in [-0.15, -0.1) is 0 Å². The quantitative estimate of drug-likeness (QED) is 0.209. The SMILES string of the molecule is O=C(CCC1(C(=O)NCC(F)(F)F)CC1)c1ccc(/C=C/C(c2cc(Br)cc(Br)c2)C(F)(F)F)cc1C(F)(F)F. The molecule has 1 amide bonds. The van der Waals surface area contributed by atoms with Gasteiger partial charge in [0, 0.05) is 26.3 Å². The van der Waals surface area contributed by atoms with Crippen LogP contribution in [-0.2, 0) is 11.0 Å². The average Bonchev–Trinajstić information content (AvgIpc) is 3.60. The molecule has 14 heteroatoms. The molecule has 1 unspecified atom stereocenters. The number of benzene rings is 2. The highest BCUT2D eigenvalue weighted by atomic mass is 79.9. The summed E-state index contributed by atoms with van der Waals surface area (Å²) in [6, 6.07) is 6.43. The number of amides is 1. The van der Waals surface area contributed by atoms with Crippen LogP contribution in [0.25, 0.3) is 6.08 Å². The van der Waals surface area contributed by atoms with Crippen molar-refractivity contribution in [1.29, 1.82) is 0 Å². The van der Waals surface area contributed by atoms with Gasteiger partial charge in [0.1, 0.15) is 6.54 Å². The van der Waals surface area contributed by atoms with Crippen molar-refractivity contribution in [2.24, 2.45) is 5.41 Å². The number of hydrogen-bond donors (Lipinski definition) is 1. The Hall–Kier alpha value is -2.35. The van der Waals surface area contributed by atoms with Crippen molar-refractivity contribution in [1.82, 2.24) is 5.32 Å². The Bertz CT molecular complexity index is 1280. The molecule has 1 saturated carbocycles. The van der Waals surface area contributed by atoms with E-state index in [9.17, 15) is 49.1 Å². The summed E-state index contributed by atoms with van der Waals surface area (Å²) in [7, 11) is 0. The molecular weight excluding hydrogens is 689 g/mol. The molecule has 1 aliphatic rings. The van der Waals surface area contributed by atoms with Crippen LogP contribution >= 0.6 is 31.9 Å². The Morgan fingerprint density at radius 2 is 1.52 bits per heavy atom. The fraction of sp³-hybridized carbons (Fsp3) is 0.385. The fourth-order valence-electron chi connectivity index (χ4n) is 4.11. The minimum absolute atomic E-state index is 0.166. The number of ketones is 1. The van der Waals surface area contributed by atoms with Gasteiger partial charge in [-0.05, 0) is 54.7 Å². The summed E-state index contributed by atoms with van der Waals surface area (Å²) in [5, 5.41) is 1.74. The number of rotatable bonds is 9. The summed E-state index contributed by atoms with van der Waals surface area (Å²) in [5.41, 5.74) is -3.78. The molecule has 0 bridgehead atoms. The zero-order chi connectivity index (χ0) is 30.1. The van der Waals surface area contributed by atoms with Crippen molar-refractivity contribution in [2.75, 3.05) is 6.54 Å². The number of halogens is 11. The van der Waals surface area contributed by atoms with Gasteiger partial charge < -0.3 is 5.32 Å². The van der Waals surface area contributed by atoms with E-state index in [2.05, 4.69) is 31.9 Å². The molecule has 2 aromatic carbocycles. The zero-order valence-electron chi connectivity index (χ0n) is 20.2. The van der Waals surface area contributed by atoms with Crippen LogP contribution in [0.3, 0.4) is 0 Å². The van der Waals surface area contributed by atoms with Crippen molar-refractivity contribution < 1.29 is 49.1 Å². The van der Waals surface area contributed by atoms with E-state index in [1.54, 1.807) is 5.32 Å². The molecular formula is C26H20Br2F9NO2. The lowest BCUT2D eigenvalue weighted by Crippen LogP contribution is -2.38. The van der Waals surface area contributed by atoms with Crippen LogP contribution in [0, 0.1) is 5.41 Å². The smallest absolute Gasteiger partial charge is 0.347 e. The standard InChI is InChI=1S/C26H20Br2F9NO2/c27-16-10-15(11-17(28)12-16)19(25(32,33)34)4-2-14-1-3-18(20(9-14)26(35,36)37)21(39)5-6-23(7-8-23)22(40)38-13-24(29,30)31/h1-4,9-12,19H,5-8,13H2,(H,38,40)/b4-2+. The first-order valence-corrected chi connectivity index (χ1v) is 13.2. The lowest BCUT2D eigenvalue weighted by atomic mass is 9.92. The van der Waals surface area contributed by atoms with Gasteiger partial charge in [-0.3, -0.25) is 9.59 Å². The molecule has 0 aliphatic heterocycles. The Morgan fingerprint density at radius 3 is 2.02 bits per heavy atom. The van der Waals surface area contributed by atoms with Gasteiger partial charge in [0.05, 0.1) is 11.5 Å². The molecule has 0 spiro atoms. The number of carbonyl (C=O) groups excluding carboxylic acids is 2. The van der Waals surface area contributed by atoms with Gasteiger partial charge in [-0.1, -0.05) is 56.1 Å². The maximum absolute atomic E-state index is 13.8. The van der Waals surface area contributed by atoms with Crippen molar-refractivity contribution in [2.45, 2.75) is 50.1 Å². The first-order valence-electron chi connectivity index (χ1n) is 11.6. The van der Waals surface area contributed by atoms with E-state index in [1.165, 1.54) is 18.2 Å². The van der Waals surface area contributed by atoms with E-state index in [0.29, 0.717) is 21.1 Å². The fourth-order valence-corrected chi connectivity index (χ4v) is 5.44. The highest BCUT2D eigenvalue weighted by Gasteiger charge is 2.50. The summed E-state index contributed by atoms with van der Waals surface area (Å²) in [6.07, 6.45) is -13.3. The lowest BCUT2D eigenvalue weighted by Gasteiger charge is -2.18. The summed E-state index contributed by atoms with van der Waals surface area (Å²) in [6.45, 7) is -1.57. The van der Waals surface area contributed by atoms with Crippen molar-refractivity contribution >= 4 is 49.6 Å². The predicted molar refractivity (Wildman–Crippen MR) is 135 cm³/mol. The summed E-state index contributed by atoms with van der Waals surface area (Å²) in [4.78, 5) is 24.8. The Labute approximate surface area is 239 Å². The van der Waals surface area contributed by atoms with E-state index >= 15 is 0 Å². The van der Waals surface area contributed by atoms with E-state index in [0.717, 1.165) is 18.2 Å². The molecule has 3 nitrogen and oxygen atoms in total. The molecule has 0 radical (unpaired) electrons. The minimum Gasteiger partial charge on any atom is -0.347 e. The van der Waals surface area contributed by atoms with Crippen LogP contribution in [0.4, 0.5) is 39.5 Å². The van der Waals surface area contributed by atoms with Gasteiger partial charge in [-0.2, -0.15) is 39.5 Å². The molecule has 1 aliphatic carbocycles. The first-order chi connectivity index (χ1) is 18.3. The van der Waals surface area contributed by atoms with E-state index in [4.69, 9.17) is 0 Å². The normalized spacial score (nSPS) is 16.2. The maximum Gasteiger partial charge on any atom is 0.417 e. The Morgan fingerprint density at radius 1 is 0.925 bits per heavy atom. The highest BCUT2D eigenvalue weighted by molar-refractivity contribution is 9.11. The summed E-state index contributed by atoms with van der Waals surface area (Å²) < 4.78 is 121. The molecule has 40 heavy (non-hydrogen) atoms. The number of nitrogens with one attached hydrogen (secondary N) is 1. The number of Topliss-reactive ketones (excluding diaryl/α,β-unsaturated/α-hetero) is 1. The van der Waals surface area contributed by atoms with Crippen LogP contribution in [-0.4, -0.2) is 30.6 Å². The van der Waals surface area contributed by atoms with Crippen LogP contribution in [0.5, 0.6) is 0 Å². The molecule has 1 atom stereocenters. The molecule has 1 N–H and O–H groups in total. The highest BCUT2D eigenvalue weighted by Crippen LogP contribution is 2.50. The van der Waals surface area contributed by atoms with Gasteiger partial charge in [0.25, 0.3) is 0 Å². The molecule has 1 fully saturated rings. The lowest BCUT2D eigenvalue weighted by molar-refractivity contribution is -0.141. The second-order valence-electron chi connectivity index (χ2n) is 9.39. The Kier molecular flexibility index (Phi) is 9.54. The number of alkyl halides is 9. The van der Waals surface area contributed by atoms with Gasteiger partial charge in [0.15, 0.2) is 5.78 Å². The summed E-state index contributed by atoms with van der Waals surface area (Å²) >= 11 is 6.21. The maximum atomic E-state index is 13.8. The van der Waals surface area contributed by atoms with Crippen LogP contribution in [0.1, 0.15) is 58.6 Å². The van der Waals surface area contributed by atoms with Crippen molar-refractivity contribution in [3.05, 3.63) is 73.7 Å². The molecule has 218 valence electrons. The third-order valence-electron chi connectivity index (χ3n) is 6.34. The van der Waals surface area contributed by atoms with Crippen molar-refractivity contribution in [3.63, 3.8) is 0 Å². The van der Waals surface area contributed by atoms with E-state index in [-0.39, 0.29) is 30.4 Å². The summed E-state index contributed by atoms with van der Waals surface area (Å²) in [5.74, 6) is -4.06. The number of carbonyl (C=O) groups is 2. The molecule has 0 aromatic heterocycles. The third kappa shape index (κ3) is 8.58. The minimum atomic E-state index is -5.03. The van der Waals surface area contributed by atoms with Crippen LogP contribution in [0.2, 0.25) is 0 Å². The predicted octanol–water partition coefficient (Wildman–Crippen LogP) is 9.01. The second-order valence-corrected chi connectivity index (χ2v) is 11.2. The first kappa shape index (κ1) is 32.2. The molecule has 3 rings (SSSR count). The molecule has 0 saturated heterocycles. The van der Waals surface area contributed by atoms with E-state index in [1.807, 2.05) is 0 Å². The number of hydrogen-bond acceptors (Lipinski definition) is 2. The van der Waals surface area contributed by atoms with E-state index < -0.39 is 65.6 Å². The molecule has 0 heterocycles. The Balaban J connectivity index is 1.82. The zero-order valence-corrected chi connectivity index (χ0v) is 23.4. The second kappa shape index (κ2) is 11.9. The number of allylic oxidation sites excluding steroid dienone is 1.